The molecule has 21 heteroatoms. The predicted molar refractivity (Wildman–Crippen MR) is 203 cm³/mol. The summed E-state index contributed by atoms with van der Waals surface area (Å²) in [6.45, 7) is 3.66. The van der Waals surface area contributed by atoms with Gasteiger partial charge in [-0.05, 0) is 52.1 Å². The Hall–Kier alpha value is -3.99. The molecule has 56 heavy (non-hydrogen) atoms. The molecule has 1 fully saturated rings. The van der Waals surface area contributed by atoms with Crippen molar-refractivity contribution in [2.45, 2.75) is 36.7 Å². The van der Waals surface area contributed by atoms with Gasteiger partial charge in [0.25, 0.3) is 5.91 Å². The average molecular weight is 849 g/mol. The van der Waals surface area contributed by atoms with Gasteiger partial charge in [-0.1, -0.05) is 73.3 Å². The molecule has 296 valence electrons. The van der Waals surface area contributed by atoms with E-state index in [0.717, 1.165) is 26.9 Å². The third kappa shape index (κ3) is 8.77. The smallest absolute Gasteiger partial charge is 0.487 e. The van der Waals surface area contributed by atoms with Crippen LogP contribution in [-0.4, -0.2) is 71.3 Å². The van der Waals surface area contributed by atoms with Crippen molar-refractivity contribution < 1.29 is 68.7 Å². The van der Waals surface area contributed by atoms with Gasteiger partial charge in [0.15, 0.2) is 9.84 Å². The molecular formula is C35H35N2O15P3S. The molecule has 0 spiro atoms. The van der Waals surface area contributed by atoms with E-state index in [1.54, 1.807) is 55.5 Å². The van der Waals surface area contributed by atoms with Crippen molar-refractivity contribution in [2.24, 2.45) is 0 Å². The number of nitrogens with one attached hydrogen (secondary N) is 1. The van der Waals surface area contributed by atoms with Crippen LogP contribution in [-0.2, 0) is 50.7 Å². The molecular weight excluding hydrogens is 813 g/mol. The minimum atomic E-state index is -5.89. The highest BCUT2D eigenvalue weighted by molar-refractivity contribution is 7.91. The van der Waals surface area contributed by atoms with Crippen molar-refractivity contribution in [3.8, 4) is 5.75 Å². The van der Waals surface area contributed by atoms with Gasteiger partial charge in [0, 0.05) is 23.6 Å². The van der Waals surface area contributed by atoms with Gasteiger partial charge in [-0.25, -0.2) is 22.1 Å². The molecule has 7 rings (SSSR count). The third-order valence-corrected chi connectivity index (χ3v) is 15.0. The first-order valence-electron chi connectivity index (χ1n) is 16.8. The standard InChI is InChI=1S/C35H35N2O15P3S/c1-22-20-37(23(2)36-35(22)38)32-19-29(49-27-9-4-3-5-10-27)30(50-32)21-48-54(41,42)52-55(43,44)51-53(39,40)47-17-18-56(45,46)31-16-14-26-12-11-24-7-6-8-25-13-15-28(31)34(26)33(24)25/h3-16,20,29-30,32H,2,17-19,21H2,1H3,(H,36,38)(H,39,40)(H,41,42)(H,43,44)/t29-,30-,32-/m1/s1. The average Bonchev–Trinajstić information content (AvgIpc) is 3.52. The molecule has 0 bridgehead atoms. The maximum atomic E-state index is 13.4. The van der Waals surface area contributed by atoms with E-state index in [1.807, 2.05) is 30.3 Å². The number of benzene rings is 5. The maximum Gasteiger partial charge on any atom is 0.490 e. The van der Waals surface area contributed by atoms with E-state index in [-0.39, 0.29) is 23.0 Å². The van der Waals surface area contributed by atoms with E-state index >= 15 is 0 Å². The zero-order valence-electron chi connectivity index (χ0n) is 29.4. The maximum absolute atomic E-state index is 13.4. The Labute approximate surface area is 320 Å². The molecule has 3 unspecified atom stereocenters. The van der Waals surface area contributed by atoms with Gasteiger partial charge in [0.2, 0.25) is 0 Å². The van der Waals surface area contributed by atoms with Crippen LogP contribution in [0.1, 0.15) is 13.3 Å². The number of carbonyl (C=O) groups is 1. The van der Waals surface area contributed by atoms with E-state index in [1.165, 1.54) is 17.2 Å². The molecule has 6 atom stereocenters. The number of phosphoric acid groups is 3. The molecule has 4 N–H and O–H groups in total. The first-order chi connectivity index (χ1) is 26.4. The van der Waals surface area contributed by atoms with Crippen molar-refractivity contribution >= 4 is 71.5 Å². The SMILES string of the molecule is C=C1NC(=O)C(C)=CN1[C@H]1C[C@@H](Oc2ccccc2)[C@@H](COP(=O)(O)OP(=O)(O)OP(=O)(O)OCCS(=O)(=O)c2ccc3ccc4cccc5ccc2c3c45)O1. The number of ether oxygens (including phenoxy) is 2. The molecule has 5 aromatic carbocycles. The van der Waals surface area contributed by atoms with E-state index in [4.69, 9.17) is 14.0 Å². The van der Waals surface area contributed by atoms with Gasteiger partial charge >= 0.3 is 23.5 Å². The number of carbonyl (C=O) groups excluding carboxylic acids is 1. The summed E-state index contributed by atoms with van der Waals surface area (Å²) >= 11 is 0. The normalized spacial score (nSPS) is 22.5. The summed E-state index contributed by atoms with van der Waals surface area (Å²) in [4.78, 5) is 44.2. The lowest BCUT2D eigenvalue weighted by atomic mass is 9.94. The number of hydrogen-bond acceptors (Lipinski definition) is 13. The Morgan fingerprint density at radius 2 is 1.46 bits per heavy atom. The summed E-state index contributed by atoms with van der Waals surface area (Å²) in [6.07, 6.45) is -1.10. The van der Waals surface area contributed by atoms with Crippen LogP contribution < -0.4 is 10.1 Å². The summed E-state index contributed by atoms with van der Waals surface area (Å²) in [7, 11) is -21.2. The van der Waals surface area contributed by atoms with Crippen LogP contribution in [0.4, 0.5) is 0 Å². The number of phosphoric ester groups is 2. The third-order valence-electron chi connectivity index (χ3n) is 9.03. The van der Waals surface area contributed by atoms with Gasteiger partial charge in [0.05, 0.1) is 23.9 Å². The zero-order valence-corrected chi connectivity index (χ0v) is 32.9. The van der Waals surface area contributed by atoms with Crippen molar-refractivity contribution in [3.63, 3.8) is 0 Å². The Kier molecular flexibility index (Phi) is 11.1. The molecule has 0 saturated carbocycles. The highest BCUT2D eigenvalue weighted by Crippen LogP contribution is 2.67. The van der Waals surface area contributed by atoms with Crippen LogP contribution in [0.15, 0.2) is 114 Å². The summed E-state index contributed by atoms with van der Waals surface area (Å²) in [5.74, 6) is -0.591. The number of sulfone groups is 1. The molecule has 2 aliphatic heterocycles. The molecule has 1 saturated heterocycles. The Morgan fingerprint density at radius 3 is 2.16 bits per heavy atom. The Balaban J connectivity index is 0.974. The molecule has 17 nitrogen and oxygen atoms in total. The molecule has 1 amide bonds. The van der Waals surface area contributed by atoms with Crippen molar-refractivity contribution in [1.29, 1.82) is 0 Å². The molecule has 0 aliphatic carbocycles. The monoisotopic (exact) mass is 848 g/mol. The van der Waals surface area contributed by atoms with Crippen LogP contribution in [0.3, 0.4) is 0 Å². The van der Waals surface area contributed by atoms with Gasteiger partial charge in [0.1, 0.15) is 30.0 Å². The lowest BCUT2D eigenvalue weighted by Gasteiger charge is -2.32. The molecule has 2 heterocycles. The summed E-state index contributed by atoms with van der Waals surface area (Å²) in [6, 6.07) is 24.6. The number of rotatable bonds is 15. The van der Waals surface area contributed by atoms with Gasteiger partial charge < -0.3 is 34.4 Å². The summed E-state index contributed by atoms with van der Waals surface area (Å²) in [5.41, 5.74) is 0.351. The Morgan fingerprint density at radius 1 is 0.839 bits per heavy atom. The largest absolute Gasteiger partial charge is 0.490 e. The first-order valence-corrected chi connectivity index (χ1v) is 23.0. The fourth-order valence-electron chi connectivity index (χ4n) is 6.56. The zero-order chi connectivity index (χ0) is 40.0. The molecule has 5 aromatic rings. The van der Waals surface area contributed by atoms with Crippen LogP contribution in [0.25, 0.3) is 32.3 Å². The predicted octanol–water partition coefficient (Wildman–Crippen LogP) is 6.09. The fraction of sp³-hybridized carbons (Fsp3) is 0.229. The van der Waals surface area contributed by atoms with Crippen LogP contribution in [0.5, 0.6) is 5.75 Å². The van der Waals surface area contributed by atoms with Gasteiger partial charge in [-0.15, -0.1) is 0 Å². The molecule has 0 aromatic heterocycles. The van der Waals surface area contributed by atoms with Gasteiger partial charge in [-0.2, -0.15) is 8.62 Å². The second-order valence-corrected chi connectivity index (χ2v) is 19.6. The topological polar surface area (TPSA) is 234 Å². The van der Waals surface area contributed by atoms with E-state index in [2.05, 4.69) is 25.0 Å². The lowest BCUT2D eigenvalue weighted by molar-refractivity contribution is -0.118. The quantitative estimate of drug-likeness (QED) is 0.0689. The first kappa shape index (κ1) is 40.2. The van der Waals surface area contributed by atoms with E-state index < -0.39 is 70.7 Å². The van der Waals surface area contributed by atoms with Crippen LogP contribution in [0.2, 0.25) is 0 Å². The minimum Gasteiger partial charge on any atom is -0.487 e. The fourth-order valence-corrected chi connectivity index (χ4v) is 11.5. The number of amides is 1. The van der Waals surface area contributed by atoms with Gasteiger partial charge in [-0.3, -0.25) is 13.8 Å². The summed E-state index contributed by atoms with van der Waals surface area (Å²) < 4.78 is 95.1. The molecule has 2 aliphatic rings. The Bertz CT molecular complexity index is 2610. The van der Waals surface area contributed by atoms with E-state index in [9.17, 15) is 41.6 Å². The second-order valence-electron chi connectivity index (χ2n) is 12.9. The molecule has 0 radical (unpaired) electrons. The number of nitrogens with zero attached hydrogens (tertiary/aromatic N) is 1. The highest BCUT2D eigenvalue weighted by atomic mass is 32.2. The van der Waals surface area contributed by atoms with Crippen molar-refractivity contribution in [1.82, 2.24) is 10.2 Å². The second kappa shape index (κ2) is 15.4. The van der Waals surface area contributed by atoms with Crippen molar-refractivity contribution in [3.05, 3.63) is 109 Å². The van der Waals surface area contributed by atoms with Crippen LogP contribution in [0, 0.1) is 0 Å². The highest BCUT2D eigenvalue weighted by Gasteiger charge is 2.45. The van der Waals surface area contributed by atoms with E-state index in [0.29, 0.717) is 16.7 Å². The van der Waals surface area contributed by atoms with Crippen LogP contribution >= 0.6 is 23.5 Å². The lowest BCUT2D eigenvalue weighted by Crippen LogP contribution is -2.42. The minimum absolute atomic E-state index is 0.0664. The number of para-hydroxylation sites is 1. The number of hydrogen-bond donors (Lipinski definition) is 4. The van der Waals surface area contributed by atoms with Crippen molar-refractivity contribution in [2.75, 3.05) is 19.0 Å². The summed E-state index contributed by atoms with van der Waals surface area (Å²) in [5, 5.41) is 7.25.